The van der Waals surface area contributed by atoms with E-state index in [1.807, 2.05) is 0 Å². The monoisotopic (exact) mass is 249 g/mol. The number of nitro groups is 1. The second-order valence-corrected chi connectivity index (χ2v) is 4.44. The van der Waals surface area contributed by atoms with Gasteiger partial charge in [-0.25, -0.2) is 0 Å². The van der Waals surface area contributed by atoms with Crippen LogP contribution in [0.25, 0.3) is 0 Å². The molecule has 18 heavy (non-hydrogen) atoms. The zero-order valence-corrected chi connectivity index (χ0v) is 9.91. The number of nitrogens with two attached hydrogens (primary N) is 1. The van der Waals surface area contributed by atoms with Gasteiger partial charge in [0.2, 0.25) is 5.91 Å². The second kappa shape index (κ2) is 5.03. The number of rotatable bonds is 3. The molecule has 1 aliphatic heterocycles. The van der Waals surface area contributed by atoms with Crippen LogP contribution >= 0.6 is 0 Å². The number of hydrogen-bond donors (Lipinski definition) is 1. The lowest BCUT2D eigenvalue weighted by atomic mass is 9.96. The molecule has 1 aromatic rings. The summed E-state index contributed by atoms with van der Waals surface area (Å²) in [7, 11) is 0. The van der Waals surface area contributed by atoms with Crippen LogP contribution in [-0.4, -0.2) is 23.9 Å². The Hall–Kier alpha value is -2.11. The molecule has 1 heterocycles. The van der Waals surface area contributed by atoms with E-state index in [1.165, 1.54) is 12.1 Å². The summed E-state index contributed by atoms with van der Waals surface area (Å²) in [6.45, 7) is 1.51. The molecule has 96 valence electrons. The van der Waals surface area contributed by atoms with Crippen LogP contribution < -0.4 is 10.6 Å². The van der Waals surface area contributed by atoms with Gasteiger partial charge in [0, 0.05) is 36.8 Å². The van der Waals surface area contributed by atoms with Crippen molar-refractivity contribution in [2.24, 2.45) is 11.7 Å². The van der Waals surface area contributed by atoms with Gasteiger partial charge in [-0.05, 0) is 25.0 Å². The van der Waals surface area contributed by atoms with Crippen LogP contribution in [0.2, 0.25) is 0 Å². The third-order valence-corrected chi connectivity index (χ3v) is 3.32. The zero-order chi connectivity index (χ0) is 13.1. The Balaban J connectivity index is 2.01. The number of hydrogen-bond acceptors (Lipinski definition) is 4. The third-order valence-electron chi connectivity index (χ3n) is 3.32. The number of carbonyl (C=O) groups is 1. The number of benzene rings is 1. The van der Waals surface area contributed by atoms with Gasteiger partial charge in [0.25, 0.3) is 5.69 Å². The summed E-state index contributed by atoms with van der Waals surface area (Å²) >= 11 is 0. The Morgan fingerprint density at radius 2 is 1.83 bits per heavy atom. The Bertz CT molecular complexity index is 450. The maximum Gasteiger partial charge on any atom is 0.269 e. The van der Waals surface area contributed by atoms with E-state index in [0.29, 0.717) is 0 Å². The number of carbonyl (C=O) groups excluding carboxylic acids is 1. The molecule has 6 nitrogen and oxygen atoms in total. The van der Waals surface area contributed by atoms with Crippen molar-refractivity contribution in [1.29, 1.82) is 0 Å². The molecule has 1 amide bonds. The van der Waals surface area contributed by atoms with Crippen molar-refractivity contribution in [3.8, 4) is 0 Å². The Morgan fingerprint density at radius 3 is 2.28 bits per heavy atom. The van der Waals surface area contributed by atoms with E-state index in [1.54, 1.807) is 12.1 Å². The van der Waals surface area contributed by atoms with E-state index in [4.69, 9.17) is 5.73 Å². The summed E-state index contributed by atoms with van der Waals surface area (Å²) in [5.41, 5.74) is 6.31. The standard InChI is InChI=1S/C12H15N3O3/c13-12(16)9-5-7-14(8-6-9)10-1-3-11(4-2-10)15(17)18/h1-4,9H,5-8H2,(H2,13,16). The predicted octanol–water partition coefficient (Wildman–Crippen LogP) is 1.30. The largest absolute Gasteiger partial charge is 0.371 e. The second-order valence-electron chi connectivity index (χ2n) is 4.44. The molecule has 1 fully saturated rings. The van der Waals surface area contributed by atoms with E-state index in [-0.39, 0.29) is 17.5 Å². The fraction of sp³-hybridized carbons (Fsp3) is 0.417. The van der Waals surface area contributed by atoms with Gasteiger partial charge in [-0.2, -0.15) is 0 Å². The minimum absolute atomic E-state index is 0.0423. The van der Waals surface area contributed by atoms with E-state index >= 15 is 0 Å². The molecule has 0 aliphatic carbocycles. The number of primary amides is 1. The van der Waals surface area contributed by atoms with Gasteiger partial charge in [-0.15, -0.1) is 0 Å². The average molecular weight is 249 g/mol. The fourth-order valence-corrected chi connectivity index (χ4v) is 2.21. The molecule has 2 N–H and O–H groups in total. The molecular formula is C12H15N3O3. The van der Waals surface area contributed by atoms with Gasteiger partial charge in [-0.3, -0.25) is 14.9 Å². The molecule has 0 spiro atoms. The number of non-ortho nitro benzene ring substituents is 1. The van der Waals surface area contributed by atoms with Crippen molar-refractivity contribution in [3.05, 3.63) is 34.4 Å². The van der Waals surface area contributed by atoms with Crippen molar-refractivity contribution in [2.75, 3.05) is 18.0 Å². The fourth-order valence-electron chi connectivity index (χ4n) is 2.21. The number of amides is 1. The van der Waals surface area contributed by atoms with E-state index < -0.39 is 4.92 Å². The number of nitrogens with zero attached hydrogens (tertiary/aromatic N) is 2. The molecule has 0 unspecified atom stereocenters. The molecule has 0 atom stereocenters. The summed E-state index contributed by atoms with van der Waals surface area (Å²) in [6, 6.07) is 6.47. The van der Waals surface area contributed by atoms with E-state index in [2.05, 4.69) is 4.90 Å². The maximum absolute atomic E-state index is 11.0. The lowest BCUT2D eigenvalue weighted by Crippen LogP contribution is -2.38. The number of nitro benzene ring substituents is 1. The smallest absolute Gasteiger partial charge is 0.269 e. The highest BCUT2D eigenvalue weighted by Gasteiger charge is 2.23. The van der Waals surface area contributed by atoms with E-state index in [9.17, 15) is 14.9 Å². The van der Waals surface area contributed by atoms with Crippen LogP contribution in [0.15, 0.2) is 24.3 Å². The maximum atomic E-state index is 11.0. The van der Waals surface area contributed by atoms with Gasteiger partial charge in [0.15, 0.2) is 0 Å². The Morgan fingerprint density at radius 1 is 1.28 bits per heavy atom. The summed E-state index contributed by atoms with van der Waals surface area (Å²) in [4.78, 5) is 23.3. The zero-order valence-electron chi connectivity index (χ0n) is 9.91. The highest BCUT2D eigenvalue weighted by Crippen LogP contribution is 2.24. The normalized spacial score (nSPS) is 16.6. The molecule has 1 aromatic carbocycles. The minimum Gasteiger partial charge on any atom is -0.371 e. The summed E-state index contributed by atoms with van der Waals surface area (Å²) < 4.78 is 0. The molecular weight excluding hydrogens is 234 g/mol. The minimum atomic E-state index is -0.414. The molecule has 0 radical (unpaired) electrons. The highest BCUT2D eigenvalue weighted by atomic mass is 16.6. The summed E-state index contributed by atoms with van der Waals surface area (Å²) in [5.74, 6) is -0.280. The van der Waals surface area contributed by atoms with Crippen LogP contribution in [0.3, 0.4) is 0 Å². The van der Waals surface area contributed by atoms with Gasteiger partial charge in [0.05, 0.1) is 4.92 Å². The van der Waals surface area contributed by atoms with Crippen molar-refractivity contribution in [2.45, 2.75) is 12.8 Å². The lowest BCUT2D eigenvalue weighted by molar-refractivity contribution is -0.384. The van der Waals surface area contributed by atoms with Crippen LogP contribution in [-0.2, 0) is 4.79 Å². The van der Waals surface area contributed by atoms with Gasteiger partial charge in [-0.1, -0.05) is 0 Å². The van der Waals surface area contributed by atoms with Gasteiger partial charge >= 0.3 is 0 Å². The molecule has 1 saturated heterocycles. The topological polar surface area (TPSA) is 89.5 Å². The van der Waals surface area contributed by atoms with Crippen LogP contribution in [0.4, 0.5) is 11.4 Å². The summed E-state index contributed by atoms with van der Waals surface area (Å²) in [6.07, 6.45) is 1.48. The van der Waals surface area contributed by atoms with Crippen LogP contribution in [0.5, 0.6) is 0 Å². The van der Waals surface area contributed by atoms with E-state index in [0.717, 1.165) is 31.6 Å². The van der Waals surface area contributed by atoms with Crippen LogP contribution in [0.1, 0.15) is 12.8 Å². The SMILES string of the molecule is NC(=O)C1CCN(c2ccc([N+](=O)[O-])cc2)CC1. The van der Waals surface area contributed by atoms with Crippen molar-refractivity contribution in [3.63, 3.8) is 0 Å². The molecule has 1 aliphatic rings. The first kappa shape index (κ1) is 12.3. The third kappa shape index (κ3) is 2.58. The quantitative estimate of drug-likeness (QED) is 0.645. The first-order chi connectivity index (χ1) is 8.58. The highest BCUT2D eigenvalue weighted by molar-refractivity contribution is 5.77. The molecule has 2 rings (SSSR count). The number of anilines is 1. The first-order valence-electron chi connectivity index (χ1n) is 5.86. The number of piperidine rings is 1. The Kier molecular flexibility index (Phi) is 3.45. The summed E-state index contributed by atoms with van der Waals surface area (Å²) in [5, 5.41) is 10.5. The molecule has 6 heteroatoms. The molecule has 0 aromatic heterocycles. The van der Waals surface area contributed by atoms with Crippen molar-refractivity contribution >= 4 is 17.3 Å². The van der Waals surface area contributed by atoms with Crippen molar-refractivity contribution in [1.82, 2.24) is 0 Å². The van der Waals surface area contributed by atoms with Crippen LogP contribution in [0, 0.1) is 16.0 Å². The predicted molar refractivity (Wildman–Crippen MR) is 67.2 cm³/mol. The van der Waals surface area contributed by atoms with Gasteiger partial charge < -0.3 is 10.6 Å². The lowest BCUT2D eigenvalue weighted by Gasteiger charge is -2.32. The van der Waals surface area contributed by atoms with Crippen molar-refractivity contribution < 1.29 is 9.72 Å². The van der Waals surface area contributed by atoms with Gasteiger partial charge in [0.1, 0.15) is 0 Å². The molecule has 0 saturated carbocycles. The Labute approximate surface area is 105 Å². The molecule has 0 bridgehead atoms. The average Bonchev–Trinajstić information content (AvgIpc) is 2.39. The first-order valence-corrected chi connectivity index (χ1v) is 5.86.